The van der Waals surface area contributed by atoms with Gasteiger partial charge >= 0.3 is 0 Å². The summed E-state index contributed by atoms with van der Waals surface area (Å²) in [5.41, 5.74) is 4.98. The van der Waals surface area contributed by atoms with Gasteiger partial charge in [0.05, 0.1) is 0 Å². The van der Waals surface area contributed by atoms with Gasteiger partial charge in [-0.25, -0.2) is 4.39 Å². The van der Waals surface area contributed by atoms with Gasteiger partial charge < -0.3 is 5.32 Å². The Bertz CT molecular complexity index is 603. The van der Waals surface area contributed by atoms with E-state index in [1.54, 1.807) is 12.1 Å². The minimum atomic E-state index is -0.129. The monoisotopic (exact) mass is 269 g/mol. The van der Waals surface area contributed by atoms with E-state index >= 15 is 0 Å². The number of benzene rings is 2. The third-order valence-electron chi connectivity index (χ3n) is 4.21. The zero-order chi connectivity index (χ0) is 14.1. The summed E-state index contributed by atoms with van der Waals surface area (Å²) in [7, 11) is 0. The van der Waals surface area contributed by atoms with Crippen molar-refractivity contribution in [1.82, 2.24) is 5.32 Å². The van der Waals surface area contributed by atoms with Crippen LogP contribution in [0.25, 0.3) is 0 Å². The molecule has 2 atom stereocenters. The van der Waals surface area contributed by atoms with Crippen LogP contribution < -0.4 is 5.32 Å². The second-order valence-electron chi connectivity index (χ2n) is 5.73. The van der Waals surface area contributed by atoms with E-state index in [0.29, 0.717) is 12.1 Å². The van der Waals surface area contributed by atoms with Crippen LogP contribution in [0.5, 0.6) is 0 Å². The zero-order valence-corrected chi connectivity index (χ0v) is 12.0. The minimum Gasteiger partial charge on any atom is -0.303 e. The van der Waals surface area contributed by atoms with Crippen LogP contribution in [0.3, 0.4) is 0 Å². The Hall–Kier alpha value is -1.67. The summed E-state index contributed by atoms with van der Waals surface area (Å²) in [5, 5.41) is 3.67. The zero-order valence-electron chi connectivity index (χ0n) is 12.0. The van der Waals surface area contributed by atoms with Crippen LogP contribution in [-0.2, 0) is 6.42 Å². The first-order chi connectivity index (χ1) is 9.63. The van der Waals surface area contributed by atoms with Gasteiger partial charge in [0.25, 0.3) is 0 Å². The molecule has 0 saturated heterocycles. The molecule has 0 fully saturated rings. The quantitative estimate of drug-likeness (QED) is 0.866. The molecule has 1 nitrogen and oxygen atoms in total. The molecule has 0 heterocycles. The average Bonchev–Trinajstić information content (AvgIpc) is 2.81. The summed E-state index contributed by atoms with van der Waals surface area (Å²) in [6, 6.07) is 14.4. The second kappa shape index (κ2) is 5.37. The largest absolute Gasteiger partial charge is 0.303 e. The van der Waals surface area contributed by atoms with Crippen LogP contribution in [-0.4, -0.2) is 0 Å². The van der Waals surface area contributed by atoms with Crippen molar-refractivity contribution in [3.63, 3.8) is 0 Å². The van der Waals surface area contributed by atoms with E-state index in [1.807, 2.05) is 6.07 Å². The molecule has 0 saturated carbocycles. The van der Waals surface area contributed by atoms with Gasteiger partial charge in [-0.2, -0.15) is 0 Å². The summed E-state index contributed by atoms with van der Waals surface area (Å²) in [5.74, 6) is -0.129. The Morgan fingerprint density at radius 3 is 2.65 bits per heavy atom. The molecule has 1 unspecified atom stereocenters. The molecule has 3 rings (SSSR count). The molecular weight excluding hydrogens is 249 g/mol. The topological polar surface area (TPSA) is 12.0 Å². The van der Waals surface area contributed by atoms with E-state index in [1.165, 1.54) is 16.7 Å². The van der Waals surface area contributed by atoms with E-state index in [9.17, 15) is 4.39 Å². The number of hydrogen-bond acceptors (Lipinski definition) is 1. The lowest BCUT2D eigenvalue weighted by atomic mass is 10.0. The molecule has 20 heavy (non-hydrogen) atoms. The number of nitrogens with one attached hydrogen (secondary N) is 1. The minimum absolute atomic E-state index is 0.129. The molecule has 0 bridgehead atoms. The smallest absolute Gasteiger partial charge is 0.123 e. The van der Waals surface area contributed by atoms with Gasteiger partial charge in [0.2, 0.25) is 0 Å². The fraction of sp³-hybridized carbons (Fsp3) is 0.333. The van der Waals surface area contributed by atoms with Gasteiger partial charge in [-0.15, -0.1) is 0 Å². The SMILES string of the molecule is Cc1ccc([C@H](C)NC2CCc3cc(F)ccc32)cc1. The molecule has 0 radical (unpaired) electrons. The van der Waals surface area contributed by atoms with Gasteiger partial charge in [0.1, 0.15) is 5.82 Å². The fourth-order valence-corrected chi connectivity index (χ4v) is 3.01. The molecular formula is C18H20FN. The summed E-state index contributed by atoms with van der Waals surface area (Å²) in [4.78, 5) is 0. The van der Waals surface area contributed by atoms with E-state index in [0.717, 1.165) is 18.4 Å². The van der Waals surface area contributed by atoms with Gasteiger partial charge in [-0.1, -0.05) is 35.9 Å². The Morgan fingerprint density at radius 1 is 1.15 bits per heavy atom. The van der Waals surface area contributed by atoms with Crippen LogP contribution >= 0.6 is 0 Å². The summed E-state index contributed by atoms with van der Waals surface area (Å²) in [6.07, 6.45) is 2.01. The van der Waals surface area contributed by atoms with Crippen molar-refractivity contribution < 1.29 is 4.39 Å². The second-order valence-corrected chi connectivity index (χ2v) is 5.73. The maximum absolute atomic E-state index is 13.2. The molecule has 0 spiro atoms. The molecule has 2 aromatic carbocycles. The highest BCUT2D eigenvalue weighted by atomic mass is 19.1. The highest BCUT2D eigenvalue weighted by Crippen LogP contribution is 2.33. The lowest BCUT2D eigenvalue weighted by Crippen LogP contribution is -2.23. The van der Waals surface area contributed by atoms with Gasteiger partial charge in [-0.3, -0.25) is 0 Å². The molecule has 104 valence electrons. The third-order valence-corrected chi connectivity index (χ3v) is 4.21. The summed E-state index contributed by atoms with van der Waals surface area (Å²) in [6.45, 7) is 4.29. The highest BCUT2D eigenvalue weighted by molar-refractivity contribution is 5.35. The molecule has 0 aromatic heterocycles. The van der Waals surface area contributed by atoms with E-state index < -0.39 is 0 Å². The van der Waals surface area contributed by atoms with Crippen molar-refractivity contribution in [3.8, 4) is 0 Å². The Balaban J connectivity index is 1.75. The predicted molar refractivity (Wildman–Crippen MR) is 80.2 cm³/mol. The normalized spacial score (nSPS) is 18.9. The van der Waals surface area contributed by atoms with Crippen LogP contribution in [0, 0.1) is 12.7 Å². The Kier molecular flexibility index (Phi) is 3.58. The van der Waals surface area contributed by atoms with Crippen molar-refractivity contribution >= 4 is 0 Å². The van der Waals surface area contributed by atoms with Crippen LogP contribution in [0.1, 0.15) is 47.7 Å². The fourth-order valence-electron chi connectivity index (χ4n) is 3.01. The molecule has 2 aromatic rings. The third kappa shape index (κ3) is 2.61. The van der Waals surface area contributed by atoms with Crippen LogP contribution in [0.15, 0.2) is 42.5 Å². The van der Waals surface area contributed by atoms with E-state index in [2.05, 4.69) is 43.4 Å². The van der Waals surface area contributed by atoms with Crippen molar-refractivity contribution in [1.29, 1.82) is 0 Å². The molecule has 0 aliphatic heterocycles. The number of rotatable bonds is 3. The van der Waals surface area contributed by atoms with Gasteiger partial charge in [0, 0.05) is 12.1 Å². The molecule has 2 heteroatoms. The van der Waals surface area contributed by atoms with Gasteiger partial charge in [0.15, 0.2) is 0 Å². The molecule has 0 amide bonds. The predicted octanol–water partition coefficient (Wildman–Crippen LogP) is 4.47. The van der Waals surface area contributed by atoms with E-state index in [-0.39, 0.29) is 5.82 Å². The first-order valence-corrected chi connectivity index (χ1v) is 7.24. The maximum atomic E-state index is 13.2. The van der Waals surface area contributed by atoms with Crippen molar-refractivity contribution in [3.05, 3.63) is 70.5 Å². The van der Waals surface area contributed by atoms with Crippen LogP contribution in [0.4, 0.5) is 4.39 Å². The number of fused-ring (bicyclic) bond motifs is 1. The van der Waals surface area contributed by atoms with Crippen molar-refractivity contribution in [2.24, 2.45) is 0 Å². The lowest BCUT2D eigenvalue weighted by molar-refractivity contribution is 0.465. The average molecular weight is 269 g/mol. The van der Waals surface area contributed by atoms with Crippen molar-refractivity contribution in [2.75, 3.05) is 0 Å². The van der Waals surface area contributed by atoms with Gasteiger partial charge in [-0.05, 0) is 55.5 Å². The highest BCUT2D eigenvalue weighted by Gasteiger charge is 2.24. The number of hydrogen-bond donors (Lipinski definition) is 1. The standard InChI is InChI=1S/C18H20FN/c1-12-3-5-14(6-4-12)13(2)20-18-10-7-15-11-16(19)8-9-17(15)18/h3-6,8-9,11,13,18,20H,7,10H2,1-2H3/t13-,18?/m0/s1. The first-order valence-electron chi connectivity index (χ1n) is 7.24. The molecule has 1 aliphatic carbocycles. The molecule has 1 aliphatic rings. The summed E-state index contributed by atoms with van der Waals surface area (Å²) >= 11 is 0. The Morgan fingerprint density at radius 2 is 1.90 bits per heavy atom. The molecule has 1 N–H and O–H groups in total. The number of aryl methyl sites for hydroxylation is 2. The van der Waals surface area contributed by atoms with E-state index in [4.69, 9.17) is 0 Å². The van der Waals surface area contributed by atoms with Crippen molar-refractivity contribution in [2.45, 2.75) is 38.8 Å². The lowest BCUT2D eigenvalue weighted by Gasteiger charge is -2.21. The van der Waals surface area contributed by atoms with Crippen LogP contribution in [0.2, 0.25) is 0 Å². The maximum Gasteiger partial charge on any atom is 0.123 e. The first kappa shape index (κ1) is 13.3. The number of halogens is 1. The Labute approximate surface area is 119 Å². The summed E-state index contributed by atoms with van der Waals surface area (Å²) < 4.78 is 13.2.